The Bertz CT molecular complexity index is 592. The second kappa shape index (κ2) is 7.45. The third-order valence-corrected chi connectivity index (χ3v) is 4.42. The fraction of sp³-hybridized carbons (Fsp3) is 0.133. The van der Waals surface area contributed by atoms with Crippen molar-refractivity contribution in [2.24, 2.45) is 0 Å². The van der Waals surface area contributed by atoms with Crippen LogP contribution in [0.1, 0.15) is 10.4 Å². The highest BCUT2D eigenvalue weighted by molar-refractivity contribution is 9.10. The van der Waals surface area contributed by atoms with Crippen molar-refractivity contribution in [1.82, 2.24) is 5.32 Å². The molecule has 2 aromatic rings. The van der Waals surface area contributed by atoms with Gasteiger partial charge < -0.3 is 5.32 Å². The molecule has 5 heteroatoms. The highest BCUT2D eigenvalue weighted by atomic mass is 79.9. The number of rotatable bonds is 5. The van der Waals surface area contributed by atoms with Gasteiger partial charge in [0.1, 0.15) is 5.82 Å². The van der Waals surface area contributed by atoms with Crippen molar-refractivity contribution in [2.75, 3.05) is 12.3 Å². The molecule has 2 rings (SSSR count). The Hall–Kier alpha value is -1.33. The summed E-state index contributed by atoms with van der Waals surface area (Å²) in [7, 11) is 0. The van der Waals surface area contributed by atoms with E-state index in [1.165, 1.54) is 12.1 Å². The number of hydrogen-bond acceptors (Lipinski definition) is 2. The summed E-state index contributed by atoms with van der Waals surface area (Å²) in [5.74, 6) is 0.0595. The molecule has 0 radical (unpaired) electrons. The standard InChI is InChI=1S/C15H13BrFNOS/c16-14-12(7-4-8-13(14)17)15(19)18-9-10-20-11-5-2-1-3-6-11/h1-8H,9-10H2,(H,18,19). The lowest BCUT2D eigenvalue weighted by molar-refractivity contribution is 0.0955. The van der Waals surface area contributed by atoms with Gasteiger partial charge in [-0.05, 0) is 40.2 Å². The Morgan fingerprint density at radius 2 is 1.90 bits per heavy atom. The minimum absolute atomic E-state index is 0.202. The predicted molar refractivity (Wildman–Crippen MR) is 83.6 cm³/mol. The van der Waals surface area contributed by atoms with Gasteiger partial charge >= 0.3 is 0 Å². The van der Waals surface area contributed by atoms with Crippen molar-refractivity contribution in [3.05, 3.63) is 64.4 Å². The molecule has 0 aromatic heterocycles. The van der Waals surface area contributed by atoms with Crippen molar-refractivity contribution in [2.45, 2.75) is 4.90 Å². The average molecular weight is 354 g/mol. The van der Waals surface area contributed by atoms with Crippen molar-refractivity contribution in [1.29, 1.82) is 0 Å². The molecule has 0 spiro atoms. The van der Waals surface area contributed by atoms with Gasteiger partial charge in [0.2, 0.25) is 0 Å². The van der Waals surface area contributed by atoms with Crippen LogP contribution in [-0.4, -0.2) is 18.2 Å². The van der Waals surface area contributed by atoms with Crippen molar-refractivity contribution in [3.8, 4) is 0 Å². The maximum Gasteiger partial charge on any atom is 0.252 e. The molecule has 0 heterocycles. The van der Waals surface area contributed by atoms with Crippen LogP contribution in [0.25, 0.3) is 0 Å². The van der Waals surface area contributed by atoms with E-state index >= 15 is 0 Å². The van der Waals surface area contributed by atoms with Crippen LogP contribution in [0.5, 0.6) is 0 Å². The number of carbonyl (C=O) groups is 1. The second-order valence-corrected chi connectivity index (χ2v) is 5.98. The van der Waals surface area contributed by atoms with E-state index < -0.39 is 5.82 Å². The Morgan fingerprint density at radius 1 is 1.15 bits per heavy atom. The largest absolute Gasteiger partial charge is 0.351 e. The van der Waals surface area contributed by atoms with Crippen LogP contribution >= 0.6 is 27.7 Å². The summed E-state index contributed by atoms with van der Waals surface area (Å²) in [6.45, 7) is 0.529. The molecule has 0 saturated heterocycles. The third kappa shape index (κ3) is 4.08. The molecule has 1 amide bonds. The molecule has 0 fully saturated rings. The number of amides is 1. The topological polar surface area (TPSA) is 29.1 Å². The highest BCUT2D eigenvalue weighted by Crippen LogP contribution is 2.20. The number of benzene rings is 2. The first-order valence-electron chi connectivity index (χ1n) is 6.08. The predicted octanol–water partition coefficient (Wildman–Crippen LogP) is 4.11. The SMILES string of the molecule is O=C(NCCSc1ccccc1)c1cccc(F)c1Br. The van der Waals surface area contributed by atoms with E-state index in [0.29, 0.717) is 12.1 Å². The van der Waals surface area contributed by atoms with E-state index in [9.17, 15) is 9.18 Å². The quantitative estimate of drug-likeness (QED) is 0.647. The molecule has 0 bridgehead atoms. The first kappa shape index (κ1) is 15.1. The lowest BCUT2D eigenvalue weighted by atomic mass is 10.2. The molecule has 2 aromatic carbocycles. The van der Waals surface area contributed by atoms with Crippen molar-refractivity contribution < 1.29 is 9.18 Å². The Labute approximate surface area is 129 Å². The highest BCUT2D eigenvalue weighted by Gasteiger charge is 2.12. The molecule has 0 unspecified atom stereocenters. The molecule has 0 aliphatic rings. The molecule has 20 heavy (non-hydrogen) atoms. The van der Waals surface area contributed by atoms with Crippen molar-refractivity contribution >= 4 is 33.6 Å². The fourth-order valence-corrected chi connectivity index (χ4v) is 2.86. The van der Waals surface area contributed by atoms with Gasteiger partial charge in [0.15, 0.2) is 0 Å². The van der Waals surface area contributed by atoms with E-state index in [2.05, 4.69) is 21.2 Å². The first-order chi connectivity index (χ1) is 9.68. The number of hydrogen-bond donors (Lipinski definition) is 1. The van der Waals surface area contributed by atoms with Crippen LogP contribution in [0.3, 0.4) is 0 Å². The van der Waals surface area contributed by atoms with Gasteiger partial charge in [0.05, 0.1) is 10.0 Å². The minimum atomic E-state index is -0.434. The number of carbonyl (C=O) groups excluding carboxylic acids is 1. The number of halogens is 2. The maximum atomic E-state index is 13.3. The molecule has 0 saturated carbocycles. The summed E-state index contributed by atoms with van der Waals surface area (Å²) in [4.78, 5) is 13.1. The summed E-state index contributed by atoms with van der Waals surface area (Å²) >= 11 is 4.75. The molecule has 0 aliphatic carbocycles. The van der Waals surface area contributed by atoms with Gasteiger partial charge in [-0.1, -0.05) is 24.3 Å². The Balaban J connectivity index is 1.82. The fourth-order valence-electron chi connectivity index (χ4n) is 1.62. The zero-order valence-electron chi connectivity index (χ0n) is 10.6. The summed E-state index contributed by atoms with van der Waals surface area (Å²) in [5.41, 5.74) is 0.315. The van der Waals surface area contributed by atoms with Crippen LogP contribution in [0.15, 0.2) is 57.9 Å². The molecule has 104 valence electrons. The smallest absolute Gasteiger partial charge is 0.252 e. The Kier molecular flexibility index (Phi) is 5.61. The Morgan fingerprint density at radius 3 is 2.65 bits per heavy atom. The molecule has 1 N–H and O–H groups in total. The summed E-state index contributed by atoms with van der Waals surface area (Å²) < 4.78 is 13.5. The molecular formula is C15H13BrFNOS. The van der Waals surface area contributed by atoms with Crippen LogP contribution in [-0.2, 0) is 0 Å². The van der Waals surface area contributed by atoms with Crippen LogP contribution in [0.4, 0.5) is 4.39 Å². The minimum Gasteiger partial charge on any atom is -0.351 e. The van der Waals surface area contributed by atoms with Crippen molar-refractivity contribution in [3.63, 3.8) is 0 Å². The van der Waals surface area contributed by atoms with E-state index in [0.717, 1.165) is 10.6 Å². The lowest BCUT2D eigenvalue weighted by Gasteiger charge is -2.07. The van der Waals surface area contributed by atoms with Gasteiger partial charge in [-0.3, -0.25) is 4.79 Å². The van der Waals surface area contributed by atoms with Gasteiger partial charge in [-0.25, -0.2) is 4.39 Å². The maximum absolute atomic E-state index is 13.3. The zero-order valence-corrected chi connectivity index (χ0v) is 13.0. The number of thioether (sulfide) groups is 1. The average Bonchev–Trinajstić information content (AvgIpc) is 2.47. The van der Waals surface area contributed by atoms with Gasteiger partial charge in [-0.2, -0.15) is 0 Å². The zero-order chi connectivity index (χ0) is 14.4. The molecule has 0 aliphatic heterocycles. The third-order valence-electron chi connectivity index (χ3n) is 2.60. The van der Waals surface area contributed by atoms with Crippen LogP contribution in [0.2, 0.25) is 0 Å². The first-order valence-corrected chi connectivity index (χ1v) is 7.86. The van der Waals surface area contributed by atoms with E-state index in [1.807, 2.05) is 30.3 Å². The molecular weight excluding hydrogens is 341 g/mol. The monoisotopic (exact) mass is 353 g/mol. The van der Waals surface area contributed by atoms with E-state index in [1.54, 1.807) is 17.8 Å². The molecule has 0 atom stereocenters. The van der Waals surface area contributed by atoms with Gasteiger partial charge in [0, 0.05) is 17.2 Å². The summed E-state index contributed by atoms with van der Waals surface area (Å²) in [5, 5.41) is 2.78. The van der Waals surface area contributed by atoms with Gasteiger partial charge in [-0.15, -0.1) is 11.8 Å². The lowest BCUT2D eigenvalue weighted by Crippen LogP contribution is -2.26. The van der Waals surface area contributed by atoms with E-state index in [-0.39, 0.29) is 10.4 Å². The summed E-state index contributed by atoms with van der Waals surface area (Å²) in [6.07, 6.45) is 0. The van der Waals surface area contributed by atoms with Crippen LogP contribution in [0, 0.1) is 5.82 Å². The van der Waals surface area contributed by atoms with E-state index in [4.69, 9.17) is 0 Å². The molecule has 2 nitrogen and oxygen atoms in total. The second-order valence-electron chi connectivity index (χ2n) is 4.02. The number of nitrogens with one attached hydrogen (secondary N) is 1. The normalized spacial score (nSPS) is 10.3. The summed E-state index contributed by atoms with van der Waals surface area (Å²) in [6, 6.07) is 14.4. The van der Waals surface area contributed by atoms with Crippen LogP contribution < -0.4 is 5.32 Å². The van der Waals surface area contributed by atoms with Gasteiger partial charge in [0.25, 0.3) is 5.91 Å².